The van der Waals surface area contributed by atoms with Crippen molar-refractivity contribution in [3.8, 4) is 11.4 Å². The van der Waals surface area contributed by atoms with E-state index in [-0.39, 0.29) is 17.1 Å². The number of aromatic nitrogens is 2. The third-order valence-corrected chi connectivity index (χ3v) is 3.60. The molecule has 0 fully saturated rings. The molecule has 0 aliphatic heterocycles. The van der Waals surface area contributed by atoms with Crippen LogP contribution in [0.5, 0.6) is 0 Å². The van der Waals surface area contributed by atoms with Crippen LogP contribution in [0.25, 0.3) is 22.3 Å². The SMILES string of the molecule is CC(=O)Nc1nc(-c2ccc(Br)cc2)nc2cccc(F)c12. The molecule has 2 aromatic carbocycles. The molecule has 0 atom stereocenters. The van der Waals surface area contributed by atoms with Crippen LogP contribution in [0.1, 0.15) is 6.92 Å². The van der Waals surface area contributed by atoms with Gasteiger partial charge in [0.25, 0.3) is 0 Å². The van der Waals surface area contributed by atoms with Crippen molar-refractivity contribution in [3.63, 3.8) is 0 Å². The molecule has 3 aromatic rings. The first kappa shape index (κ1) is 14.6. The topological polar surface area (TPSA) is 54.9 Å². The molecule has 4 nitrogen and oxygen atoms in total. The van der Waals surface area contributed by atoms with Crippen LogP contribution in [-0.2, 0) is 4.79 Å². The zero-order valence-electron chi connectivity index (χ0n) is 11.6. The Hall–Kier alpha value is -2.34. The first-order valence-electron chi connectivity index (χ1n) is 6.54. The third kappa shape index (κ3) is 2.82. The van der Waals surface area contributed by atoms with E-state index in [1.807, 2.05) is 24.3 Å². The number of carbonyl (C=O) groups is 1. The van der Waals surface area contributed by atoms with Crippen molar-refractivity contribution in [2.75, 3.05) is 5.32 Å². The van der Waals surface area contributed by atoms with Gasteiger partial charge in [0.15, 0.2) is 5.82 Å². The Morgan fingerprint density at radius 3 is 2.55 bits per heavy atom. The van der Waals surface area contributed by atoms with Crippen LogP contribution >= 0.6 is 15.9 Å². The summed E-state index contributed by atoms with van der Waals surface area (Å²) in [5, 5.41) is 2.78. The number of anilines is 1. The number of hydrogen-bond donors (Lipinski definition) is 1. The molecule has 6 heteroatoms. The second-order valence-electron chi connectivity index (χ2n) is 4.72. The van der Waals surface area contributed by atoms with E-state index in [9.17, 15) is 9.18 Å². The molecule has 1 amide bonds. The molecule has 0 aliphatic rings. The number of halogens is 2. The number of hydrogen-bond acceptors (Lipinski definition) is 3. The van der Waals surface area contributed by atoms with Gasteiger partial charge in [-0.2, -0.15) is 0 Å². The van der Waals surface area contributed by atoms with Gasteiger partial charge in [0.05, 0.1) is 10.9 Å². The summed E-state index contributed by atoms with van der Waals surface area (Å²) >= 11 is 3.37. The summed E-state index contributed by atoms with van der Waals surface area (Å²) in [5.74, 6) is -0.184. The second kappa shape index (κ2) is 5.81. The summed E-state index contributed by atoms with van der Waals surface area (Å²) in [6, 6.07) is 12.0. The lowest BCUT2D eigenvalue weighted by atomic mass is 10.1. The van der Waals surface area contributed by atoms with Gasteiger partial charge in [-0.25, -0.2) is 14.4 Å². The number of carbonyl (C=O) groups excluding carboxylic acids is 1. The third-order valence-electron chi connectivity index (χ3n) is 3.07. The van der Waals surface area contributed by atoms with Crippen LogP contribution in [0.3, 0.4) is 0 Å². The second-order valence-corrected chi connectivity index (χ2v) is 5.63. The van der Waals surface area contributed by atoms with Gasteiger partial charge in [-0.15, -0.1) is 0 Å². The Balaban J connectivity index is 2.24. The molecule has 0 spiro atoms. The molecule has 3 rings (SSSR count). The smallest absolute Gasteiger partial charge is 0.222 e. The first-order chi connectivity index (χ1) is 10.5. The minimum Gasteiger partial charge on any atom is -0.310 e. The van der Waals surface area contributed by atoms with Crippen molar-refractivity contribution in [3.05, 3.63) is 52.8 Å². The number of amides is 1. The lowest BCUT2D eigenvalue weighted by Gasteiger charge is -2.09. The van der Waals surface area contributed by atoms with Crippen LogP contribution in [0.4, 0.5) is 10.2 Å². The van der Waals surface area contributed by atoms with Gasteiger partial charge in [-0.1, -0.05) is 34.1 Å². The normalized spacial score (nSPS) is 10.7. The predicted octanol–water partition coefficient (Wildman–Crippen LogP) is 4.16. The van der Waals surface area contributed by atoms with Gasteiger partial charge in [0.1, 0.15) is 11.6 Å². The summed E-state index contributed by atoms with van der Waals surface area (Å²) in [5.41, 5.74) is 1.22. The molecular formula is C16H11BrFN3O. The highest BCUT2D eigenvalue weighted by atomic mass is 79.9. The average molecular weight is 360 g/mol. The molecule has 22 heavy (non-hydrogen) atoms. The van der Waals surface area contributed by atoms with E-state index < -0.39 is 5.82 Å². The molecule has 1 heterocycles. The molecular weight excluding hydrogens is 349 g/mol. The highest BCUT2D eigenvalue weighted by Gasteiger charge is 2.13. The first-order valence-corrected chi connectivity index (χ1v) is 7.33. The predicted molar refractivity (Wildman–Crippen MR) is 86.9 cm³/mol. The van der Waals surface area contributed by atoms with Crippen LogP contribution in [0.2, 0.25) is 0 Å². The number of rotatable bonds is 2. The van der Waals surface area contributed by atoms with Crippen molar-refractivity contribution in [1.29, 1.82) is 0 Å². The monoisotopic (exact) mass is 359 g/mol. The summed E-state index contributed by atoms with van der Waals surface area (Å²) in [6.45, 7) is 1.36. The Morgan fingerprint density at radius 2 is 1.86 bits per heavy atom. The van der Waals surface area contributed by atoms with Crippen molar-refractivity contribution >= 4 is 38.6 Å². The summed E-state index contributed by atoms with van der Waals surface area (Å²) in [6.07, 6.45) is 0. The fourth-order valence-electron chi connectivity index (χ4n) is 2.13. The fraction of sp³-hybridized carbons (Fsp3) is 0.0625. The van der Waals surface area contributed by atoms with Crippen LogP contribution in [-0.4, -0.2) is 15.9 Å². The standard InChI is InChI=1S/C16H11BrFN3O/c1-9(22)19-16-14-12(18)3-2-4-13(14)20-15(21-16)10-5-7-11(17)8-6-10/h2-8H,1H3,(H,19,20,21,22). The maximum Gasteiger partial charge on any atom is 0.222 e. The van der Waals surface area contributed by atoms with Gasteiger partial charge in [0.2, 0.25) is 5.91 Å². The molecule has 0 saturated carbocycles. The lowest BCUT2D eigenvalue weighted by molar-refractivity contribution is -0.114. The Kier molecular flexibility index (Phi) is 3.85. The molecule has 110 valence electrons. The average Bonchev–Trinajstić information content (AvgIpc) is 2.47. The Bertz CT molecular complexity index is 865. The number of benzene rings is 2. The van der Waals surface area contributed by atoms with Crippen molar-refractivity contribution in [1.82, 2.24) is 9.97 Å². The van der Waals surface area contributed by atoms with Gasteiger partial charge in [-0.3, -0.25) is 4.79 Å². The van der Waals surface area contributed by atoms with Crippen molar-refractivity contribution < 1.29 is 9.18 Å². The minimum atomic E-state index is -0.469. The highest BCUT2D eigenvalue weighted by Crippen LogP contribution is 2.27. The number of nitrogens with one attached hydrogen (secondary N) is 1. The van der Waals surface area contributed by atoms with E-state index in [1.165, 1.54) is 13.0 Å². The van der Waals surface area contributed by atoms with Crippen LogP contribution < -0.4 is 5.32 Å². The van der Waals surface area contributed by atoms with E-state index in [0.717, 1.165) is 10.0 Å². The molecule has 0 saturated heterocycles. The molecule has 0 unspecified atom stereocenters. The Labute approximate surface area is 134 Å². The van der Waals surface area contributed by atoms with Crippen molar-refractivity contribution in [2.24, 2.45) is 0 Å². The summed E-state index contributed by atoms with van der Waals surface area (Å²) in [4.78, 5) is 20.1. The van der Waals surface area contributed by atoms with Crippen LogP contribution in [0.15, 0.2) is 46.9 Å². The molecule has 0 bridgehead atoms. The van der Waals surface area contributed by atoms with Crippen LogP contribution in [0, 0.1) is 5.82 Å². The molecule has 1 N–H and O–H groups in total. The fourth-order valence-corrected chi connectivity index (χ4v) is 2.39. The molecule has 0 aliphatic carbocycles. The van der Waals surface area contributed by atoms with E-state index in [2.05, 4.69) is 31.2 Å². The lowest BCUT2D eigenvalue weighted by Crippen LogP contribution is -2.10. The quantitative estimate of drug-likeness (QED) is 0.747. The van der Waals surface area contributed by atoms with Gasteiger partial charge in [0, 0.05) is 17.0 Å². The zero-order chi connectivity index (χ0) is 15.7. The molecule has 1 aromatic heterocycles. The van der Waals surface area contributed by atoms with E-state index in [0.29, 0.717) is 11.3 Å². The Morgan fingerprint density at radius 1 is 1.14 bits per heavy atom. The van der Waals surface area contributed by atoms with Gasteiger partial charge in [-0.05, 0) is 24.3 Å². The van der Waals surface area contributed by atoms with Gasteiger partial charge < -0.3 is 5.32 Å². The van der Waals surface area contributed by atoms with E-state index in [4.69, 9.17) is 0 Å². The maximum atomic E-state index is 14.0. The van der Waals surface area contributed by atoms with Crippen molar-refractivity contribution in [2.45, 2.75) is 6.92 Å². The largest absolute Gasteiger partial charge is 0.310 e. The highest BCUT2D eigenvalue weighted by molar-refractivity contribution is 9.10. The summed E-state index contributed by atoms with van der Waals surface area (Å²) in [7, 11) is 0. The summed E-state index contributed by atoms with van der Waals surface area (Å²) < 4.78 is 15.0. The number of nitrogens with zero attached hydrogens (tertiary/aromatic N) is 2. The van der Waals surface area contributed by atoms with E-state index >= 15 is 0 Å². The zero-order valence-corrected chi connectivity index (χ0v) is 13.2. The molecule has 0 radical (unpaired) electrons. The van der Waals surface area contributed by atoms with Gasteiger partial charge >= 0.3 is 0 Å². The van der Waals surface area contributed by atoms with E-state index in [1.54, 1.807) is 12.1 Å². The number of fused-ring (bicyclic) bond motifs is 1. The maximum absolute atomic E-state index is 14.0. The minimum absolute atomic E-state index is 0.175.